The summed E-state index contributed by atoms with van der Waals surface area (Å²) in [6.07, 6.45) is -3.38. The fourth-order valence-corrected chi connectivity index (χ4v) is 1.89. The maximum absolute atomic E-state index is 12.6. The third kappa shape index (κ3) is 2.80. The standard InChI is InChI=1S/C14H15F3N2/c1-9(2)11-4-6-12(7-5-11)19-8-13(14(15,16)17)18-10(19)3/h4-9H,1-3H3. The lowest BCUT2D eigenvalue weighted by Crippen LogP contribution is -2.04. The quantitative estimate of drug-likeness (QED) is 0.793. The number of alkyl halides is 3. The summed E-state index contributed by atoms with van der Waals surface area (Å²) in [4.78, 5) is 3.55. The van der Waals surface area contributed by atoms with Crippen LogP contribution in [0.4, 0.5) is 13.2 Å². The third-order valence-electron chi connectivity index (χ3n) is 3.01. The molecule has 102 valence electrons. The molecule has 0 radical (unpaired) electrons. The monoisotopic (exact) mass is 268 g/mol. The molecule has 0 aliphatic rings. The van der Waals surface area contributed by atoms with Gasteiger partial charge in [-0.2, -0.15) is 13.2 Å². The van der Waals surface area contributed by atoms with Crippen LogP contribution >= 0.6 is 0 Å². The molecule has 1 heterocycles. The van der Waals surface area contributed by atoms with E-state index in [1.807, 2.05) is 24.3 Å². The highest BCUT2D eigenvalue weighted by Gasteiger charge is 2.34. The van der Waals surface area contributed by atoms with Gasteiger partial charge in [-0.25, -0.2) is 4.98 Å². The van der Waals surface area contributed by atoms with Gasteiger partial charge in [0.15, 0.2) is 5.69 Å². The molecule has 0 N–H and O–H groups in total. The van der Waals surface area contributed by atoms with E-state index in [0.717, 1.165) is 11.8 Å². The van der Waals surface area contributed by atoms with Crippen LogP contribution in [0.2, 0.25) is 0 Å². The van der Waals surface area contributed by atoms with E-state index in [4.69, 9.17) is 0 Å². The Kier molecular flexibility index (Phi) is 3.39. The number of benzene rings is 1. The van der Waals surface area contributed by atoms with Crippen LogP contribution in [-0.2, 0) is 6.18 Å². The fourth-order valence-electron chi connectivity index (χ4n) is 1.89. The molecule has 0 atom stereocenters. The van der Waals surface area contributed by atoms with Gasteiger partial charge < -0.3 is 4.57 Å². The molecule has 2 aromatic rings. The van der Waals surface area contributed by atoms with Gasteiger partial charge in [-0.1, -0.05) is 26.0 Å². The van der Waals surface area contributed by atoms with Crippen LogP contribution in [0.15, 0.2) is 30.5 Å². The summed E-state index contributed by atoms with van der Waals surface area (Å²) in [7, 11) is 0. The van der Waals surface area contributed by atoms with Crippen LogP contribution in [-0.4, -0.2) is 9.55 Å². The fraction of sp³-hybridized carbons (Fsp3) is 0.357. The summed E-state index contributed by atoms with van der Waals surface area (Å²) in [5, 5.41) is 0. The van der Waals surface area contributed by atoms with E-state index in [-0.39, 0.29) is 0 Å². The molecular weight excluding hydrogens is 253 g/mol. The van der Waals surface area contributed by atoms with Crippen molar-refractivity contribution in [3.05, 3.63) is 47.5 Å². The largest absolute Gasteiger partial charge is 0.434 e. The molecule has 0 saturated carbocycles. The minimum absolute atomic E-state index is 0.324. The molecule has 2 nitrogen and oxygen atoms in total. The molecule has 0 amide bonds. The topological polar surface area (TPSA) is 17.8 Å². The number of halogens is 3. The van der Waals surface area contributed by atoms with Crippen molar-refractivity contribution in [2.24, 2.45) is 0 Å². The molecule has 0 aliphatic carbocycles. The first-order valence-electron chi connectivity index (χ1n) is 6.02. The highest BCUT2D eigenvalue weighted by molar-refractivity contribution is 5.37. The molecule has 19 heavy (non-hydrogen) atoms. The lowest BCUT2D eigenvalue weighted by Gasteiger charge is -2.08. The Balaban J connectivity index is 2.39. The van der Waals surface area contributed by atoms with Crippen LogP contribution in [0, 0.1) is 6.92 Å². The van der Waals surface area contributed by atoms with Crippen molar-refractivity contribution in [2.75, 3.05) is 0 Å². The normalized spacial score (nSPS) is 12.2. The SMILES string of the molecule is Cc1nc(C(F)(F)F)cn1-c1ccc(C(C)C)cc1. The van der Waals surface area contributed by atoms with E-state index in [2.05, 4.69) is 18.8 Å². The van der Waals surface area contributed by atoms with Crippen molar-refractivity contribution in [1.29, 1.82) is 0 Å². The minimum atomic E-state index is -4.41. The second-order valence-corrected chi connectivity index (χ2v) is 4.79. The summed E-state index contributed by atoms with van der Waals surface area (Å²) < 4.78 is 39.2. The maximum Gasteiger partial charge on any atom is 0.434 e. The zero-order valence-electron chi connectivity index (χ0n) is 11.0. The second kappa shape index (κ2) is 4.72. The van der Waals surface area contributed by atoms with Gasteiger partial charge in [-0.15, -0.1) is 0 Å². The van der Waals surface area contributed by atoms with Gasteiger partial charge in [0.1, 0.15) is 5.82 Å². The number of aromatic nitrogens is 2. The Labute approximate surface area is 109 Å². The number of hydrogen-bond donors (Lipinski definition) is 0. The van der Waals surface area contributed by atoms with Crippen LogP contribution in [0.5, 0.6) is 0 Å². The first kappa shape index (κ1) is 13.6. The molecule has 5 heteroatoms. The first-order valence-corrected chi connectivity index (χ1v) is 6.02. The van der Waals surface area contributed by atoms with Crippen molar-refractivity contribution >= 4 is 0 Å². The summed E-state index contributed by atoms with van der Waals surface area (Å²) in [5.41, 5.74) is 0.973. The predicted molar refractivity (Wildman–Crippen MR) is 67.4 cm³/mol. The van der Waals surface area contributed by atoms with Crippen molar-refractivity contribution in [2.45, 2.75) is 32.9 Å². The molecule has 0 bridgehead atoms. The molecule has 1 aromatic heterocycles. The molecule has 0 spiro atoms. The summed E-state index contributed by atoms with van der Waals surface area (Å²) in [6, 6.07) is 7.47. The Morgan fingerprint density at radius 1 is 1.11 bits per heavy atom. The van der Waals surface area contributed by atoms with Crippen molar-refractivity contribution in [3.8, 4) is 5.69 Å². The Hall–Kier alpha value is -1.78. The molecule has 0 saturated heterocycles. The van der Waals surface area contributed by atoms with E-state index in [9.17, 15) is 13.2 Å². The smallest absolute Gasteiger partial charge is 0.303 e. The Bertz CT molecular complexity index is 565. The lowest BCUT2D eigenvalue weighted by atomic mass is 10.0. The number of imidazole rings is 1. The average molecular weight is 268 g/mol. The number of rotatable bonds is 2. The van der Waals surface area contributed by atoms with Crippen LogP contribution in [0.1, 0.15) is 36.8 Å². The number of hydrogen-bond acceptors (Lipinski definition) is 1. The van der Waals surface area contributed by atoms with Crippen molar-refractivity contribution in [1.82, 2.24) is 9.55 Å². The van der Waals surface area contributed by atoms with Crippen molar-refractivity contribution in [3.63, 3.8) is 0 Å². The average Bonchev–Trinajstić information content (AvgIpc) is 2.71. The third-order valence-corrected chi connectivity index (χ3v) is 3.01. The summed E-state index contributed by atoms with van der Waals surface area (Å²) in [6.45, 7) is 5.70. The van der Waals surface area contributed by atoms with Gasteiger partial charge in [-0.3, -0.25) is 0 Å². The molecule has 2 rings (SSSR count). The van der Waals surface area contributed by atoms with Crippen LogP contribution in [0.25, 0.3) is 5.69 Å². The summed E-state index contributed by atoms with van der Waals surface area (Å²) in [5.74, 6) is 0.716. The highest BCUT2D eigenvalue weighted by Crippen LogP contribution is 2.29. The van der Waals surface area contributed by atoms with Crippen LogP contribution in [0.3, 0.4) is 0 Å². The molecular formula is C14H15F3N2. The van der Waals surface area contributed by atoms with E-state index in [0.29, 0.717) is 17.4 Å². The maximum atomic E-state index is 12.6. The zero-order chi connectivity index (χ0) is 14.2. The van der Waals surface area contributed by atoms with Crippen LogP contribution < -0.4 is 0 Å². The zero-order valence-corrected chi connectivity index (χ0v) is 11.0. The Morgan fingerprint density at radius 2 is 1.68 bits per heavy atom. The molecule has 0 fully saturated rings. The minimum Gasteiger partial charge on any atom is -0.303 e. The van der Waals surface area contributed by atoms with E-state index in [1.165, 1.54) is 4.57 Å². The van der Waals surface area contributed by atoms with Gasteiger partial charge in [0.2, 0.25) is 0 Å². The Morgan fingerprint density at radius 3 is 2.11 bits per heavy atom. The van der Waals surface area contributed by atoms with E-state index in [1.54, 1.807) is 6.92 Å². The van der Waals surface area contributed by atoms with Gasteiger partial charge in [-0.05, 0) is 30.5 Å². The second-order valence-electron chi connectivity index (χ2n) is 4.79. The van der Waals surface area contributed by atoms with Crippen molar-refractivity contribution < 1.29 is 13.2 Å². The molecule has 1 aromatic carbocycles. The van der Waals surface area contributed by atoms with Gasteiger partial charge in [0.05, 0.1) is 0 Å². The molecule has 0 aliphatic heterocycles. The first-order chi connectivity index (χ1) is 8.79. The van der Waals surface area contributed by atoms with E-state index >= 15 is 0 Å². The highest BCUT2D eigenvalue weighted by atomic mass is 19.4. The van der Waals surface area contributed by atoms with Gasteiger partial charge in [0, 0.05) is 11.9 Å². The number of aryl methyl sites for hydroxylation is 1. The summed E-state index contributed by atoms with van der Waals surface area (Å²) >= 11 is 0. The molecule has 0 unspecified atom stereocenters. The van der Waals surface area contributed by atoms with Gasteiger partial charge in [0.25, 0.3) is 0 Å². The number of nitrogens with zero attached hydrogens (tertiary/aromatic N) is 2. The van der Waals surface area contributed by atoms with E-state index < -0.39 is 11.9 Å². The predicted octanol–water partition coefficient (Wildman–Crippen LogP) is 4.32. The van der Waals surface area contributed by atoms with Gasteiger partial charge >= 0.3 is 6.18 Å². The lowest BCUT2D eigenvalue weighted by molar-refractivity contribution is -0.141.